The Morgan fingerprint density at radius 3 is 2.07 bits per heavy atom. The minimum absolute atomic E-state index is 0.106. The third kappa shape index (κ3) is 8.64. The number of alkyl halides is 3. The normalized spacial score (nSPS) is 12.6. The fourth-order valence-corrected chi connectivity index (χ4v) is 6.02. The Kier molecular flexibility index (Phi) is 11.1. The van der Waals surface area contributed by atoms with Crippen molar-refractivity contribution in [2.45, 2.75) is 51.4 Å². The number of hydrogen-bond donors (Lipinski definition) is 1. The minimum atomic E-state index is -4.77. The van der Waals surface area contributed by atoms with Gasteiger partial charge in [0.05, 0.1) is 16.1 Å². The van der Waals surface area contributed by atoms with E-state index in [0.29, 0.717) is 22.5 Å². The number of sulfonamides is 1. The van der Waals surface area contributed by atoms with E-state index < -0.39 is 46.2 Å². The van der Waals surface area contributed by atoms with Gasteiger partial charge in [-0.05, 0) is 62.2 Å². The van der Waals surface area contributed by atoms with E-state index in [9.17, 15) is 31.2 Å². The Morgan fingerprint density at radius 1 is 0.930 bits per heavy atom. The zero-order chi connectivity index (χ0) is 32.1. The average Bonchev–Trinajstić information content (AvgIpc) is 2.93. The molecule has 2 amide bonds. The first-order chi connectivity index (χ1) is 20.0. The van der Waals surface area contributed by atoms with Crippen LogP contribution in [-0.4, -0.2) is 44.3 Å². The standard InChI is InChI=1S/C30H32Cl2F3N3O4S/c1-19(2)16-36-29(40)21(4)37(17-25-26(31)9-6-10-27(25)32)28(39)18-38(23-8-5-7-22(15-23)30(33,34)35)43(41,42)24-13-11-20(3)12-14-24/h5-15,19,21H,16-18H2,1-4H3,(H,36,40)/t21-/m0/s1. The molecule has 0 aromatic heterocycles. The highest BCUT2D eigenvalue weighted by Gasteiger charge is 2.35. The number of halogens is 5. The molecule has 0 bridgehead atoms. The minimum Gasteiger partial charge on any atom is -0.354 e. The van der Waals surface area contributed by atoms with Crippen molar-refractivity contribution in [1.82, 2.24) is 10.2 Å². The molecule has 0 aliphatic rings. The van der Waals surface area contributed by atoms with Crippen LogP contribution >= 0.6 is 23.2 Å². The Morgan fingerprint density at radius 2 is 1.51 bits per heavy atom. The van der Waals surface area contributed by atoms with E-state index in [0.717, 1.165) is 22.6 Å². The summed E-state index contributed by atoms with van der Waals surface area (Å²) in [5.74, 6) is -1.28. The Hall–Kier alpha value is -3.28. The lowest BCUT2D eigenvalue weighted by atomic mass is 10.1. The van der Waals surface area contributed by atoms with E-state index in [2.05, 4.69) is 5.32 Å². The highest BCUT2D eigenvalue weighted by atomic mass is 35.5. The van der Waals surface area contributed by atoms with E-state index in [4.69, 9.17) is 23.2 Å². The second kappa shape index (κ2) is 14.0. The monoisotopic (exact) mass is 657 g/mol. The molecule has 0 heterocycles. The van der Waals surface area contributed by atoms with Crippen LogP contribution in [-0.2, 0) is 32.3 Å². The van der Waals surface area contributed by atoms with Crippen LogP contribution in [0.4, 0.5) is 18.9 Å². The summed E-state index contributed by atoms with van der Waals surface area (Å²) in [6.07, 6.45) is -4.77. The van der Waals surface area contributed by atoms with Gasteiger partial charge in [0, 0.05) is 28.7 Å². The molecule has 43 heavy (non-hydrogen) atoms. The molecule has 7 nitrogen and oxygen atoms in total. The highest BCUT2D eigenvalue weighted by molar-refractivity contribution is 7.92. The summed E-state index contributed by atoms with van der Waals surface area (Å²) in [5, 5.41) is 3.17. The topological polar surface area (TPSA) is 86.8 Å². The molecule has 3 aromatic rings. The first kappa shape index (κ1) is 34.2. The summed E-state index contributed by atoms with van der Waals surface area (Å²) >= 11 is 12.7. The molecular weight excluding hydrogens is 626 g/mol. The maximum atomic E-state index is 14.0. The average molecular weight is 659 g/mol. The maximum Gasteiger partial charge on any atom is 0.416 e. The number of carbonyl (C=O) groups is 2. The van der Waals surface area contributed by atoms with Gasteiger partial charge in [-0.1, -0.05) is 66.9 Å². The van der Waals surface area contributed by atoms with Crippen LogP contribution < -0.4 is 9.62 Å². The molecule has 0 spiro atoms. The van der Waals surface area contributed by atoms with Crippen LogP contribution in [0.1, 0.15) is 37.5 Å². The van der Waals surface area contributed by atoms with Gasteiger partial charge in [0.2, 0.25) is 11.8 Å². The molecule has 1 atom stereocenters. The lowest BCUT2D eigenvalue weighted by Crippen LogP contribution is -2.51. The van der Waals surface area contributed by atoms with Crippen LogP contribution in [0.25, 0.3) is 0 Å². The van der Waals surface area contributed by atoms with Crippen molar-refractivity contribution in [2.24, 2.45) is 5.92 Å². The number of nitrogens with one attached hydrogen (secondary N) is 1. The molecule has 0 aliphatic carbocycles. The number of aryl methyl sites for hydroxylation is 1. The van der Waals surface area contributed by atoms with Gasteiger partial charge in [-0.25, -0.2) is 8.42 Å². The zero-order valence-electron chi connectivity index (χ0n) is 24.0. The predicted octanol–water partition coefficient (Wildman–Crippen LogP) is 6.71. The molecule has 0 fully saturated rings. The summed E-state index contributed by atoms with van der Waals surface area (Å²) in [6, 6.07) is 12.9. The van der Waals surface area contributed by atoms with E-state index >= 15 is 0 Å². The largest absolute Gasteiger partial charge is 0.416 e. The van der Waals surface area contributed by atoms with Crippen molar-refractivity contribution in [1.29, 1.82) is 0 Å². The van der Waals surface area contributed by atoms with Crippen molar-refractivity contribution in [2.75, 3.05) is 17.4 Å². The van der Waals surface area contributed by atoms with Gasteiger partial charge in [-0.2, -0.15) is 13.2 Å². The summed E-state index contributed by atoms with van der Waals surface area (Å²) in [5.41, 5.74) is -0.404. The second-order valence-corrected chi connectivity index (χ2v) is 13.1. The molecule has 0 aliphatic heterocycles. The third-order valence-electron chi connectivity index (χ3n) is 6.59. The zero-order valence-corrected chi connectivity index (χ0v) is 26.3. The summed E-state index contributed by atoms with van der Waals surface area (Å²) in [7, 11) is -4.55. The Bertz CT molecular complexity index is 1550. The Labute approximate surface area is 259 Å². The molecule has 1 N–H and O–H groups in total. The van der Waals surface area contributed by atoms with Crippen LogP contribution in [0.2, 0.25) is 10.0 Å². The maximum absolute atomic E-state index is 14.0. The third-order valence-corrected chi connectivity index (χ3v) is 9.09. The number of benzene rings is 3. The summed E-state index contributed by atoms with van der Waals surface area (Å²) in [4.78, 5) is 27.9. The Balaban J connectivity index is 2.11. The smallest absolute Gasteiger partial charge is 0.354 e. The molecule has 0 unspecified atom stereocenters. The lowest BCUT2D eigenvalue weighted by Gasteiger charge is -2.32. The van der Waals surface area contributed by atoms with Gasteiger partial charge in [0.15, 0.2) is 0 Å². The summed E-state index contributed by atoms with van der Waals surface area (Å²) in [6.45, 7) is 6.11. The molecular formula is C30H32Cl2F3N3O4S. The van der Waals surface area contributed by atoms with Crippen molar-refractivity contribution in [3.63, 3.8) is 0 Å². The molecule has 13 heteroatoms. The quantitative estimate of drug-likeness (QED) is 0.248. The number of rotatable bonds is 11. The van der Waals surface area contributed by atoms with Crippen LogP contribution in [0.15, 0.2) is 71.6 Å². The van der Waals surface area contributed by atoms with Gasteiger partial charge in [-0.15, -0.1) is 0 Å². The molecule has 3 aromatic carbocycles. The second-order valence-electron chi connectivity index (χ2n) is 10.4. The van der Waals surface area contributed by atoms with Gasteiger partial charge in [0.1, 0.15) is 12.6 Å². The fraction of sp³-hybridized carbons (Fsp3) is 0.333. The predicted molar refractivity (Wildman–Crippen MR) is 161 cm³/mol. The first-order valence-electron chi connectivity index (χ1n) is 13.3. The van der Waals surface area contributed by atoms with Crippen molar-refractivity contribution in [3.8, 4) is 0 Å². The molecule has 3 rings (SSSR count). The van der Waals surface area contributed by atoms with Gasteiger partial charge in [-0.3, -0.25) is 13.9 Å². The van der Waals surface area contributed by atoms with Gasteiger partial charge in [0.25, 0.3) is 10.0 Å². The number of hydrogen-bond acceptors (Lipinski definition) is 4. The molecule has 0 radical (unpaired) electrons. The summed E-state index contributed by atoms with van der Waals surface area (Å²) < 4.78 is 69.2. The van der Waals surface area contributed by atoms with E-state index in [1.165, 1.54) is 37.3 Å². The van der Waals surface area contributed by atoms with Gasteiger partial charge >= 0.3 is 6.18 Å². The van der Waals surface area contributed by atoms with Crippen LogP contribution in [0.3, 0.4) is 0 Å². The van der Waals surface area contributed by atoms with Crippen LogP contribution in [0.5, 0.6) is 0 Å². The molecule has 0 saturated carbocycles. The van der Waals surface area contributed by atoms with E-state index in [1.54, 1.807) is 25.1 Å². The highest BCUT2D eigenvalue weighted by Crippen LogP contribution is 2.34. The first-order valence-corrected chi connectivity index (χ1v) is 15.5. The fourth-order valence-electron chi connectivity index (χ4n) is 4.09. The number of nitrogens with zero attached hydrogens (tertiary/aromatic N) is 2. The number of carbonyl (C=O) groups excluding carboxylic acids is 2. The lowest BCUT2D eigenvalue weighted by molar-refractivity contribution is -0.139. The number of anilines is 1. The van der Waals surface area contributed by atoms with Crippen LogP contribution in [0, 0.1) is 12.8 Å². The van der Waals surface area contributed by atoms with Crippen molar-refractivity contribution >= 4 is 50.7 Å². The number of amides is 2. The van der Waals surface area contributed by atoms with Crippen molar-refractivity contribution < 1.29 is 31.2 Å². The molecule has 232 valence electrons. The molecule has 0 saturated heterocycles. The SMILES string of the molecule is Cc1ccc(S(=O)(=O)N(CC(=O)N(Cc2c(Cl)cccc2Cl)[C@@H](C)C(=O)NCC(C)C)c2cccc(C(F)(F)F)c2)cc1. The van der Waals surface area contributed by atoms with E-state index in [1.807, 2.05) is 13.8 Å². The van der Waals surface area contributed by atoms with E-state index in [-0.39, 0.29) is 33.1 Å². The van der Waals surface area contributed by atoms with Crippen molar-refractivity contribution in [3.05, 3.63) is 93.5 Å². The van der Waals surface area contributed by atoms with Gasteiger partial charge < -0.3 is 10.2 Å².